The van der Waals surface area contributed by atoms with Crippen molar-refractivity contribution in [2.45, 2.75) is 18.9 Å². The van der Waals surface area contributed by atoms with Gasteiger partial charge in [0.25, 0.3) is 0 Å². The number of ether oxygens (including phenoxy) is 2. The van der Waals surface area contributed by atoms with Gasteiger partial charge in [0.15, 0.2) is 5.69 Å². The summed E-state index contributed by atoms with van der Waals surface area (Å²) in [5.41, 5.74) is -0.734. The predicted octanol–water partition coefficient (Wildman–Crippen LogP) is 2.80. The van der Waals surface area contributed by atoms with E-state index in [4.69, 9.17) is 21.1 Å². The van der Waals surface area contributed by atoms with E-state index in [9.17, 15) is 13.6 Å². The van der Waals surface area contributed by atoms with Crippen LogP contribution in [0.4, 0.5) is 8.78 Å². The first kappa shape index (κ1) is 17.1. The fourth-order valence-electron chi connectivity index (χ4n) is 1.95. The quantitative estimate of drug-likeness (QED) is 0.595. The molecule has 9 heteroatoms. The number of carbonyl (C=O) groups is 1. The topological polar surface area (TPSA) is 66.2 Å². The maximum Gasteiger partial charge on any atom is 0.366 e. The van der Waals surface area contributed by atoms with Crippen LogP contribution in [0, 0.1) is 0 Å². The summed E-state index contributed by atoms with van der Waals surface area (Å²) >= 11 is 5.11. The van der Waals surface area contributed by atoms with Crippen molar-refractivity contribution in [3.05, 3.63) is 41.2 Å². The number of alkyl halides is 3. The van der Waals surface area contributed by atoms with E-state index in [0.29, 0.717) is 11.3 Å². The fraction of sp³-hybridized carbons (Fsp3) is 0.357. The first-order valence-electron chi connectivity index (χ1n) is 6.67. The Bertz CT molecular complexity index is 684. The van der Waals surface area contributed by atoms with Crippen molar-refractivity contribution < 1.29 is 23.0 Å². The number of hydrogen-bond acceptors (Lipinski definition) is 5. The van der Waals surface area contributed by atoms with Gasteiger partial charge >= 0.3 is 11.4 Å². The van der Waals surface area contributed by atoms with Crippen LogP contribution in [-0.2, 0) is 16.7 Å². The molecule has 0 saturated carbocycles. The number of carbonyl (C=O) groups excluding carboxylic acids is 1. The zero-order valence-corrected chi connectivity index (χ0v) is 13.2. The Balaban J connectivity index is 2.36. The Morgan fingerprint density at radius 1 is 1.35 bits per heavy atom. The second-order valence-electron chi connectivity index (χ2n) is 4.51. The first-order valence-corrected chi connectivity index (χ1v) is 7.05. The van der Waals surface area contributed by atoms with E-state index in [2.05, 4.69) is 10.3 Å². The highest BCUT2D eigenvalue weighted by atomic mass is 35.5. The molecule has 0 amide bonds. The van der Waals surface area contributed by atoms with Crippen molar-refractivity contribution in [3.63, 3.8) is 0 Å². The number of halogens is 3. The summed E-state index contributed by atoms with van der Waals surface area (Å²) in [5, 5.41) is 3.27. The lowest BCUT2D eigenvalue weighted by Crippen LogP contribution is -2.19. The first-order chi connectivity index (χ1) is 10.9. The van der Waals surface area contributed by atoms with Gasteiger partial charge in [0.2, 0.25) is 5.69 Å². The normalized spacial score (nSPS) is 11.3. The molecule has 0 saturated heterocycles. The Kier molecular flexibility index (Phi) is 5.15. The van der Waals surface area contributed by atoms with E-state index in [1.807, 2.05) is 0 Å². The maximum absolute atomic E-state index is 13.7. The van der Waals surface area contributed by atoms with Crippen LogP contribution in [0.15, 0.2) is 24.3 Å². The molecule has 0 spiro atoms. The largest absolute Gasteiger partial charge is 0.497 e. The van der Waals surface area contributed by atoms with Gasteiger partial charge in [-0.05, 0) is 36.2 Å². The van der Waals surface area contributed by atoms with Gasteiger partial charge in [-0.15, -0.1) is 5.10 Å². The summed E-state index contributed by atoms with van der Waals surface area (Å²) in [6.45, 7) is 1.55. The molecule has 23 heavy (non-hydrogen) atoms. The monoisotopic (exact) mass is 345 g/mol. The fourth-order valence-corrected chi connectivity index (χ4v) is 2.13. The van der Waals surface area contributed by atoms with Gasteiger partial charge < -0.3 is 9.47 Å². The number of benzene rings is 1. The molecule has 0 bridgehead atoms. The molecule has 0 unspecified atom stereocenters. The third kappa shape index (κ3) is 3.95. The van der Waals surface area contributed by atoms with Gasteiger partial charge in [-0.25, -0.2) is 9.48 Å². The molecular formula is C14H14ClF2N3O3. The number of hydrogen-bond donors (Lipinski definition) is 0. The van der Waals surface area contributed by atoms with Crippen LogP contribution in [0.5, 0.6) is 5.75 Å². The SMILES string of the molecule is CCOC(=O)c1nnn(Cc2ccc(OC)cc2)c1C(F)(F)Cl. The minimum absolute atomic E-state index is 0.0253. The van der Waals surface area contributed by atoms with E-state index in [-0.39, 0.29) is 13.2 Å². The van der Waals surface area contributed by atoms with E-state index in [1.54, 1.807) is 31.2 Å². The average Bonchev–Trinajstić information content (AvgIpc) is 2.92. The molecule has 0 N–H and O–H groups in total. The number of aromatic nitrogens is 3. The minimum atomic E-state index is -3.81. The molecule has 2 aromatic rings. The minimum Gasteiger partial charge on any atom is -0.497 e. The van der Waals surface area contributed by atoms with E-state index in [1.165, 1.54) is 7.11 Å². The molecule has 124 valence electrons. The molecule has 1 aromatic heterocycles. The molecule has 6 nitrogen and oxygen atoms in total. The second-order valence-corrected chi connectivity index (χ2v) is 4.99. The molecule has 0 fully saturated rings. The van der Waals surface area contributed by atoms with Crippen molar-refractivity contribution in [3.8, 4) is 5.75 Å². The lowest BCUT2D eigenvalue weighted by molar-refractivity contribution is 0.0485. The van der Waals surface area contributed by atoms with Crippen LogP contribution in [-0.4, -0.2) is 34.7 Å². The van der Waals surface area contributed by atoms with E-state index in [0.717, 1.165) is 4.68 Å². The van der Waals surface area contributed by atoms with Crippen molar-refractivity contribution >= 4 is 17.6 Å². The van der Waals surface area contributed by atoms with Gasteiger partial charge in [-0.2, -0.15) is 8.78 Å². The Morgan fingerprint density at radius 2 is 2.00 bits per heavy atom. The van der Waals surface area contributed by atoms with Crippen LogP contribution < -0.4 is 4.74 Å². The maximum atomic E-state index is 13.7. The Labute approximate surface area is 135 Å². The van der Waals surface area contributed by atoms with E-state index >= 15 is 0 Å². The molecule has 0 radical (unpaired) electrons. The summed E-state index contributed by atoms with van der Waals surface area (Å²) in [7, 11) is 1.52. The molecule has 2 rings (SSSR count). The van der Waals surface area contributed by atoms with Gasteiger partial charge in [-0.1, -0.05) is 17.3 Å². The van der Waals surface area contributed by atoms with Gasteiger partial charge in [0, 0.05) is 0 Å². The summed E-state index contributed by atoms with van der Waals surface area (Å²) < 4.78 is 37.9. The molecule has 1 aromatic carbocycles. The summed E-state index contributed by atoms with van der Waals surface area (Å²) in [6.07, 6.45) is 0. The molecular weight excluding hydrogens is 332 g/mol. The zero-order valence-electron chi connectivity index (χ0n) is 12.4. The summed E-state index contributed by atoms with van der Waals surface area (Å²) in [6, 6.07) is 6.72. The van der Waals surface area contributed by atoms with Crippen molar-refractivity contribution in [1.82, 2.24) is 15.0 Å². The second kappa shape index (κ2) is 6.91. The highest BCUT2D eigenvalue weighted by Gasteiger charge is 2.39. The number of nitrogens with zero attached hydrogens (tertiary/aromatic N) is 3. The third-order valence-electron chi connectivity index (χ3n) is 2.96. The molecule has 0 aliphatic rings. The lowest BCUT2D eigenvalue weighted by atomic mass is 10.2. The smallest absolute Gasteiger partial charge is 0.366 e. The van der Waals surface area contributed by atoms with Crippen molar-refractivity contribution in [2.24, 2.45) is 0 Å². The standard InChI is InChI=1S/C14H14ClF2N3O3/c1-3-23-13(21)11-12(14(15,16)17)20(19-18-11)8-9-4-6-10(22-2)7-5-9/h4-7H,3,8H2,1-2H3. The van der Waals surface area contributed by atoms with Crippen LogP contribution in [0.25, 0.3) is 0 Å². The van der Waals surface area contributed by atoms with Gasteiger partial charge in [0.1, 0.15) is 5.75 Å². The predicted molar refractivity (Wildman–Crippen MR) is 77.8 cm³/mol. The average molecular weight is 346 g/mol. The van der Waals surface area contributed by atoms with Crippen LogP contribution in [0.1, 0.15) is 28.7 Å². The van der Waals surface area contributed by atoms with Crippen LogP contribution in [0.3, 0.4) is 0 Å². The van der Waals surface area contributed by atoms with Crippen LogP contribution in [0.2, 0.25) is 0 Å². The molecule has 0 aliphatic heterocycles. The Hall–Kier alpha value is -2.22. The molecule has 0 atom stereocenters. The highest BCUT2D eigenvalue weighted by molar-refractivity contribution is 6.22. The Morgan fingerprint density at radius 3 is 2.52 bits per heavy atom. The van der Waals surface area contributed by atoms with E-state index < -0.39 is 22.7 Å². The summed E-state index contributed by atoms with van der Waals surface area (Å²) in [4.78, 5) is 11.7. The lowest BCUT2D eigenvalue weighted by Gasteiger charge is -2.12. The number of esters is 1. The number of rotatable bonds is 6. The van der Waals surface area contributed by atoms with Crippen LogP contribution >= 0.6 is 11.6 Å². The van der Waals surface area contributed by atoms with Crippen molar-refractivity contribution in [2.75, 3.05) is 13.7 Å². The molecule has 1 heterocycles. The third-order valence-corrected chi connectivity index (χ3v) is 3.14. The highest BCUT2D eigenvalue weighted by Crippen LogP contribution is 2.34. The summed E-state index contributed by atoms with van der Waals surface area (Å²) in [5.74, 6) is -0.369. The number of methoxy groups -OCH3 is 1. The molecule has 0 aliphatic carbocycles. The van der Waals surface area contributed by atoms with Crippen molar-refractivity contribution in [1.29, 1.82) is 0 Å². The van der Waals surface area contributed by atoms with Gasteiger partial charge in [-0.3, -0.25) is 0 Å². The zero-order chi connectivity index (χ0) is 17.0. The van der Waals surface area contributed by atoms with Gasteiger partial charge in [0.05, 0.1) is 20.3 Å².